The number of hydrogen-bond donors (Lipinski definition) is 2. The second-order valence-electron chi connectivity index (χ2n) is 8.61. The standard InChI is InChI=1S/C25H30N2O4/c1-26(22(28)15-8-16-23(29)30)24-18-11-5-6-13-20(18)27(21-14-7-12-19(21)24)25(31)17-9-3-2-4-10-17/h2-6,9-11,13,19,21,24-25,31H,7-8,12,14-16H2,1H3,(H,29,30). The molecule has 2 aromatic carbocycles. The second-order valence-corrected chi connectivity index (χ2v) is 8.61. The first-order valence-electron chi connectivity index (χ1n) is 11.1. The predicted octanol–water partition coefficient (Wildman–Crippen LogP) is 4.12. The van der Waals surface area contributed by atoms with Crippen LogP contribution in [0.1, 0.15) is 61.9 Å². The zero-order valence-electron chi connectivity index (χ0n) is 17.9. The molecule has 0 radical (unpaired) electrons. The van der Waals surface area contributed by atoms with Crippen LogP contribution in [0.25, 0.3) is 0 Å². The highest BCUT2D eigenvalue weighted by molar-refractivity contribution is 5.78. The molecule has 1 aliphatic heterocycles. The van der Waals surface area contributed by atoms with Crippen LogP contribution in [0.4, 0.5) is 5.69 Å². The third-order valence-electron chi connectivity index (χ3n) is 6.78. The van der Waals surface area contributed by atoms with E-state index < -0.39 is 12.2 Å². The Balaban J connectivity index is 1.67. The molecule has 1 fully saturated rings. The number of amides is 1. The second kappa shape index (κ2) is 9.10. The van der Waals surface area contributed by atoms with Crippen molar-refractivity contribution in [3.8, 4) is 0 Å². The zero-order valence-corrected chi connectivity index (χ0v) is 17.9. The maximum atomic E-state index is 12.9. The van der Waals surface area contributed by atoms with E-state index in [4.69, 9.17) is 5.11 Å². The molecular weight excluding hydrogens is 392 g/mol. The molecule has 2 N–H and O–H groups in total. The number of para-hydroxylation sites is 1. The number of nitrogens with zero attached hydrogens (tertiary/aromatic N) is 2. The predicted molar refractivity (Wildman–Crippen MR) is 118 cm³/mol. The monoisotopic (exact) mass is 422 g/mol. The molecule has 1 aliphatic carbocycles. The average Bonchev–Trinajstić information content (AvgIpc) is 3.25. The number of benzene rings is 2. The number of anilines is 1. The van der Waals surface area contributed by atoms with E-state index in [9.17, 15) is 14.7 Å². The number of hydrogen-bond acceptors (Lipinski definition) is 4. The first-order chi connectivity index (χ1) is 15.0. The first-order valence-corrected chi connectivity index (χ1v) is 11.1. The van der Waals surface area contributed by atoms with Crippen molar-refractivity contribution in [2.24, 2.45) is 5.92 Å². The number of carboxylic acids is 1. The van der Waals surface area contributed by atoms with E-state index >= 15 is 0 Å². The van der Waals surface area contributed by atoms with Gasteiger partial charge in [-0.05, 0) is 30.9 Å². The Morgan fingerprint density at radius 2 is 1.77 bits per heavy atom. The Labute approximate surface area is 183 Å². The Kier molecular flexibility index (Phi) is 6.28. The summed E-state index contributed by atoms with van der Waals surface area (Å²) in [4.78, 5) is 27.7. The quantitative estimate of drug-likeness (QED) is 0.702. The van der Waals surface area contributed by atoms with E-state index in [0.717, 1.165) is 36.1 Å². The van der Waals surface area contributed by atoms with Gasteiger partial charge in [-0.15, -0.1) is 0 Å². The Bertz CT molecular complexity index is 932. The third kappa shape index (κ3) is 4.17. The minimum Gasteiger partial charge on any atom is -0.481 e. The summed E-state index contributed by atoms with van der Waals surface area (Å²) in [6.07, 6.45) is 2.86. The topological polar surface area (TPSA) is 81.1 Å². The minimum absolute atomic E-state index is 0.00390. The van der Waals surface area contributed by atoms with Crippen molar-refractivity contribution >= 4 is 17.6 Å². The minimum atomic E-state index is -0.875. The van der Waals surface area contributed by atoms with Gasteiger partial charge in [0, 0.05) is 43.1 Å². The van der Waals surface area contributed by atoms with Crippen LogP contribution >= 0.6 is 0 Å². The first kappa shape index (κ1) is 21.4. The van der Waals surface area contributed by atoms with Crippen LogP contribution < -0.4 is 4.90 Å². The van der Waals surface area contributed by atoms with E-state index in [1.54, 1.807) is 0 Å². The maximum Gasteiger partial charge on any atom is 0.303 e. The van der Waals surface area contributed by atoms with Gasteiger partial charge in [-0.1, -0.05) is 55.0 Å². The Morgan fingerprint density at radius 1 is 1.06 bits per heavy atom. The number of rotatable bonds is 7. The highest BCUT2D eigenvalue weighted by Gasteiger charge is 2.47. The van der Waals surface area contributed by atoms with Crippen molar-refractivity contribution in [3.05, 3.63) is 65.7 Å². The molecule has 0 bridgehead atoms. The summed E-state index contributed by atoms with van der Waals surface area (Å²) in [7, 11) is 1.84. The van der Waals surface area contributed by atoms with Crippen LogP contribution in [-0.4, -0.2) is 40.1 Å². The summed E-state index contributed by atoms with van der Waals surface area (Å²) in [6.45, 7) is 0. The van der Waals surface area contributed by atoms with Crippen LogP contribution in [0.2, 0.25) is 0 Å². The van der Waals surface area contributed by atoms with Gasteiger partial charge < -0.3 is 20.0 Å². The Hall–Kier alpha value is -2.86. The Morgan fingerprint density at radius 3 is 2.52 bits per heavy atom. The molecule has 6 heteroatoms. The van der Waals surface area contributed by atoms with Crippen molar-refractivity contribution in [2.75, 3.05) is 11.9 Å². The van der Waals surface area contributed by atoms with Gasteiger partial charge in [0.15, 0.2) is 6.23 Å². The van der Waals surface area contributed by atoms with Crippen LogP contribution in [-0.2, 0) is 9.59 Å². The number of carbonyl (C=O) groups is 2. The lowest BCUT2D eigenvalue weighted by Crippen LogP contribution is -2.50. The fourth-order valence-electron chi connectivity index (χ4n) is 5.38. The summed E-state index contributed by atoms with van der Waals surface area (Å²) in [5.41, 5.74) is 2.88. The van der Waals surface area contributed by atoms with Gasteiger partial charge in [0.2, 0.25) is 5.91 Å². The van der Waals surface area contributed by atoms with Crippen LogP contribution in [0, 0.1) is 5.92 Å². The molecule has 1 amide bonds. The molecule has 4 unspecified atom stereocenters. The fraction of sp³-hybridized carbons (Fsp3) is 0.440. The van der Waals surface area contributed by atoms with Gasteiger partial charge in [-0.3, -0.25) is 9.59 Å². The highest BCUT2D eigenvalue weighted by Crippen LogP contribution is 2.52. The maximum absolute atomic E-state index is 12.9. The van der Waals surface area contributed by atoms with Gasteiger partial charge >= 0.3 is 5.97 Å². The molecular formula is C25H30N2O4. The zero-order chi connectivity index (χ0) is 22.0. The van der Waals surface area contributed by atoms with E-state index in [1.165, 1.54) is 0 Å². The van der Waals surface area contributed by atoms with Gasteiger partial charge in [0.25, 0.3) is 0 Å². The largest absolute Gasteiger partial charge is 0.481 e. The lowest BCUT2D eigenvalue weighted by molar-refractivity contribution is -0.137. The SMILES string of the molecule is CN(C(=O)CCCC(=O)O)C1c2ccccc2N(C(O)c2ccccc2)C2CCCC12. The molecule has 4 rings (SSSR count). The van der Waals surface area contributed by atoms with Crippen molar-refractivity contribution < 1.29 is 19.8 Å². The van der Waals surface area contributed by atoms with Crippen molar-refractivity contribution in [1.29, 1.82) is 0 Å². The molecule has 0 aromatic heterocycles. The van der Waals surface area contributed by atoms with Crippen LogP contribution in [0.15, 0.2) is 54.6 Å². The average molecular weight is 423 g/mol. The molecule has 164 valence electrons. The highest BCUT2D eigenvalue weighted by atomic mass is 16.4. The number of fused-ring (bicyclic) bond motifs is 2. The molecule has 1 heterocycles. The van der Waals surface area contributed by atoms with Gasteiger partial charge in [0.1, 0.15) is 0 Å². The number of carboxylic acid groups (broad SMARTS) is 1. The van der Waals surface area contributed by atoms with Gasteiger partial charge in [-0.2, -0.15) is 0 Å². The van der Waals surface area contributed by atoms with Crippen molar-refractivity contribution in [3.63, 3.8) is 0 Å². The van der Waals surface area contributed by atoms with Crippen molar-refractivity contribution in [1.82, 2.24) is 4.90 Å². The summed E-state index contributed by atoms with van der Waals surface area (Å²) in [5.74, 6) is -0.676. The lowest BCUT2D eigenvalue weighted by atomic mass is 9.81. The normalized spacial score (nSPS) is 23.0. The molecule has 0 spiro atoms. The number of carbonyl (C=O) groups excluding carboxylic acids is 1. The molecule has 31 heavy (non-hydrogen) atoms. The molecule has 4 atom stereocenters. The number of aliphatic hydroxyl groups excluding tert-OH is 1. The molecule has 2 aromatic rings. The summed E-state index contributed by atoms with van der Waals surface area (Å²) < 4.78 is 0. The molecule has 0 saturated heterocycles. The van der Waals surface area contributed by atoms with Crippen molar-refractivity contribution in [2.45, 2.75) is 56.8 Å². The number of aliphatic hydroxyl groups is 1. The molecule has 1 saturated carbocycles. The summed E-state index contributed by atoms with van der Waals surface area (Å²) in [6, 6.07) is 17.8. The van der Waals surface area contributed by atoms with Gasteiger partial charge in [0.05, 0.1) is 6.04 Å². The fourth-order valence-corrected chi connectivity index (χ4v) is 5.38. The summed E-state index contributed by atoms with van der Waals surface area (Å²) in [5, 5.41) is 20.2. The van der Waals surface area contributed by atoms with Crippen LogP contribution in [0.5, 0.6) is 0 Å². The van der Waals surface area contributed by atoms with E-state index in [2.05, 4.69) is 11.0 Å². The molecule has 6 nitrogen and oxygen atoms in total. The lowest BCUT2D eigenvalue weighted by Gasteiger charge is -2.49. The van der Waals surface area contributed by atoms with Crippen LogP contribution in [0.3, 0.4) is 0 Å². The number of aliphatic carboxylic acids is 1. The summed E-state index contributed by atoms with van der Waals surface area (Å²) >= 11 is 0. The smallest absolute Gasteiger partial charge is 0.303 e. The van der Waals surface area contributed by atoms with Gasteiger partial charge in [-0.25, -0.2) is 0 Å². The van der Waals surface area contributed by atoms with E-state index in [1.807, 2.05) is 60.5 Å². The van der Waals surface area contributed by atoms with E-state index in [0.29, 0.717) is 6.42 Å². The third-order valence-corrected chi connectivity index (χ3v) is 6.78. The molecule has 2 aliphatic rings. The van der Waals surface area contributed by atoms with E-state index in [-0.39, 0.29) is 36.8 Å².